The first-order valence-corrected chi connectivity index (χ1v) is 8.89. The number of nitrogens with one attached hydrogen (secondary N) is 2. The van der Waals surface area contributed by atoms with E-state index >= 15 is 0 Å². The van der Waals surface area contributed by atoms with Crippen molar-refractivity contribution in [2.75, 3.05) is 46.4 Å². The molecule has 2 rings (SSSR count). The first-order valence-electron chi connectivity index (χ1n) is 8.89. The number of hydrogen-bond donors (Lipinski definition) is 2. The van der Waals surface area contributed by atoms with Crippen LogP contribution in [0, 0.1) is 5.92 Å². The van der Waals surface area contributed by atoms with E-state index in [-0.39, 0.29) is 29.5 Å². The average molecular weight is 438 g/mol. The summed E-state index contributed by atoms with van der Waals surface area (Å²) in [5.41, 5.74) is 0.167. The maximum absolute atomic E-state index is 5.64. The molecule has 0 atom stereocenters. The Balaban J connectivity index is 0.00000264. The zero-order valence-corrected chi connectivity index (χ0v) is 17.4. The fraction of sp³-hybridized carbons (Fsp3) is 0.941. The summed E-state index contributed by atoms with van der Waals surface area (Å²) in [6.45, 7) is 10.5. The van der Waals surface area contributed by atoms with Gasteiger partial charge in [-0.3, -0.25) is 9.89 Å². The van der Waals surface area contributed by atoms with Gasteiger partial charge >= 0.3 is 0 Å². The lowest BCUT2D eigenvalue weighted by atomic mass is 9.98. The van der Waals surface area contributed by atoms with Crippen molar-refractivity contribution in [3.05, 3.63) is 0 Å². The van der Waals surface area contributed by atoms with Gasteiger partial charge in [0.2, 0.25) is 0 Å². The van der Waals surface area contributed by atoms with Crippen molar-refractivity contribution in [2.45, 2.75) is 51.5 Å². The van der Waals surface area contributed by atoms with Crippen LogP contribution in [0.1, 0.15) is 46.0 Å². The molecule has 1 saturated carbocycles. The van der Waals surface area contributed by atoms with Gasteiger partial charge < -0.3 is 15.4 Å². The molecule has 2 aliphatic rings. The Morgan fingerprint density at radius 1 is 1.17 bits per heavy atom. The number of piperidine rings is 1. The second-order valence-electron chi connectivity index (χ2n) is 7.23. The van der Waals surface area contributed by atoms with Crippen LogP contribution in [0.25, 0.3) is 0 Å². The highest BCUT2D eigenvalue weighted by Gasteiger charge is 2.27. The highest BCUT2D eigenvalue weighted by molar-refractivity contribution is 14.0. The van der Waals surface area contributed by atoms with Gasteiger partial charge in [-0.25, -0.2) is 0 Å². The second kappa shape index (κ2) is 10.7. The molecule has 5 nitrogen and oxygen atoms in total. The lowest BCUT2D eigenvalue weighted by molar-refractivity contribution is 0.0981. The van der Waals surface area contributed by atoms with E-state index in [0.29, 0.717) is 0 Å². The molecule has 0 spiro atoms. The van der Waals surface area contributed by atoms with Crippen LogP contribution in [-0.2, 0) is 4.74 Å². The van der Waals surface area contributed by atoms with Crippen LogP contribution in [-0.4, -0.2) is 62.8 Å². The predicted octanol–water partition coefficient (Wildman–Crippen LogP) is 2.46. The van der Waals surface area contributed by atoms with Crippen LogP contribution in [0.3, 0.4) is 0 Å². The molecule has 2 fully saturated rings. The van der Waals surface area contributed by atoms with Crippen LogP contribution in [0.15, 0.2) is 4.99 Å². The Bertz CT molecular complexity index is 353. The molecule has 0 aromatic carbocycles. The Morgan fingerprint density at radius 3 is 2.48 bits per heavy atom. The van der Waals surface area contributed by atoms with Gasteiger partial charge in [0.25, 0.3) is 0 Å². The van der Waals surface area contributed by atoms with Crippen LogP contribution in [0.4, 0.5) is 0 Å². The maximum Gasteiger partial charge on any atom is 0.191 e. The van der Waals surface area contributed by atoms with Crippen molar-refractivity contribution < 1.29 is 4.74 Å². The molecule has 0 amide bonds. The van der Waals surface area contributed by atoms with Crippen LogP contribution in [0.2, 0.25) is 0 Å². The monoisotopic (exact) mass is 438 g/mol. The third-order valence-electron chi connectivity index (χ3n) is 4.71. The summed E-state index contributed by atoms with van der Waals surface area (Å²) in [7, 11) is 1.83. The zero-order valence-electron chi connectivity index (χ0n) is 15.1. The van der Waals surface area contributed by atoms with E-state index in [1.54, 1.807) is 0 Å². The van der Waals surface area contributed by atoms with Crippen LogP contribution >= 0.6 is 24.0 Å². The zero-order chi connectivity index (χ0) is 15.8. The number of ether oxygens (including phenoxy) is 1. The number of guanidine groups is 1. The molecule has 0 radical (unpaired) electrons. The fourth-order valence-electron chi connectivity index (χ4n) is 2.91. The molecular weight excluding hydrogens is 403 g/mol. The van der Waals surface area contributed by atoms with E-state index in [1.165, 1.54) is 45.2 Å². The molecule has 0 bridgehead atoms. The summed E-state index contributed by atoms with van der Waals surface area (Å²) in [6.07, 6.45) is 6.73. The fourth-order valence-corrected chi connectivity index (χ4v) is 2.91. The van der Waals surface area contributed by atoms with Gasteiger partial charge in [-0.05, 0) is 58.5 Å². The molecule has 2 N–H and O–H groups in total. The number of halogens is 1. The number of rotatable bonds is 8. The third-order valence-corrected chi connectivity index (χ3v) is 4.71. The summed E-state index contributed by atoms with van der Waals surface area (Å²) < 4.78 is 5.64. The smallest absolute Gasteiger partial charge is 0.191 e. The highest BCUT2D eigenvalue weighted by Crippen LogP contribution is 2.28. The molecule has 1 saturated heterocycles. The minimum absolute atomic E-state index is 0. The SMILES string of the molecule is CN=C(NCCOCC1CC1)NCC(C)(C)N1CCCCC1.I. The average Bonchev–Trinajstić information content (AvgIpc) is 3.35. The Morgan fingerprint density at radius 2 is 1.87 bits per heavy atom. The largest absolute Gasteiger partial charge is 0.379 e. The summed E-state index contributed by atoms with van der Waals surface area (Å²) in [5, 5.41) is 6.80. The number of likely N-dealkylation sites (tertiary alicyclic amines) is 1. The number of nitrogens with zero attached hydrogens (tertiary/aromatic N) is 2. The molecule has 136 valence electrons. The van der Waals surface area contributed by atoms with E-state index in [9.17, 15) is 0 Å². The summed E-state index contributed by atoms with van der Waals surface area (Å²) in [5.74, 6) is 1.71. The van der Waals surface area contributed by atoms with Gasteiger partial charge in [0.1, 0.15) is 0 Å². The molecule has 1 aliphatic carbocycles. The Hall–Kier alpha value is -0.0800. The quantitative estimate of drug-likeness (QED) is 0.265. The standard InChI is InChI=1S/C17H34N4O.HI/c1-17(2,21-10-5-4-6-11-21)14-20-16(18-3)19-9-12-22-13-15-7-8-15;/h15H,4-14H2,1-3H3,(H2,18,19,20);1H. The van der Waals surface area contributed by atoms with E-state index in [2.05, 4.69) is 34.4 Å². The van der Waals surface area contributed by atoms with E-state index in [0.717, 1.165) is 38.2 Å². The minimum atomic E-state index is 0. The molecule has 1 aliphatic heterocycles. The van der Waals surface area contributed by atoms with Crippen molar-refractivity contribution in [1.82, 2.24) is 15.5 Å². The van der Waals surface area contributed by atoms with Crippen LogP contribution in [0.5, 0.6) is 0 Å². The number of hydrogen-bond acceptors (Lipinski definition) is 3. The first kappa shape index (κ1) is 21.0. The molecular formula is C17H35IN4O. The van der Waals surface area contributed by atoms with Crippen molar-refractivity contribution in [2.24, 2.45) is 10.9 Å². The maximum atomic E-state index is 5.64. The van der Waals surface area contributed by atoms with Gasteiger partial charge in [0.05, 0.1) is 6.61 Å². The molecule has 23 heavy (non-hydrogen) atoms. The molecule has 0 aromatic rings. The summed E-state index contributed by atoms with van der Waals surface area (Å²) >= 11 is 0. The normalized spacial score (nSPS) is 20.0. The second-order valence-corrected chi connectivity index (χ2v) is 7.23. The summed E-state index contributed by atoms with van der Waals surface area (Å²) in [4.78, 5) is 6.89. The van der Waals surface area contributed by atoms with E-state index in [1.807, 2.05) is 7.05 Å². The topological polar surface area (TPSA) is 48.9 Å². The molecule has 0 aromatic heterocycles. The van der Waals surface area contributed by atoms with E-state index in [4.69, 9.17) is 4.74 Å². The lowest BCUT2D eigenvalue weighted by Gasteiger charge is -2.41. The Kier molecular flexibility index (Phi) is 9.77. The van der Waals surface area contributed by atoms with Crippen molar-refractivity contribution in [3.63, 3.8) is 0 Å². The van der Waals surface area contributed by atoms with Gasteiger partial charge in [0.15, 0.2) is 5.96 Å². The van der Waals surface area contributed by atoms with Crippen molar-refractivity contribution in [3.8, 4) is 0 Å². The van der Waals surface area contributed by atoms with Gasteiger partial charge in [0, 0.05) is 32.3 Å². The first-order chi connectivity index (χ1) is 10.6. The minimum Gasteiger partial charge on any atom is -0.379 e. The lowest BCUT2D eigenvalue weighted by Crippen LogP contribution is -2.55. The van der Waals surface area contributed by atoms with Gasteiger partial charge in [-0.1, -0.05) is 6.42 Å². The van der Waals surface area contributed by atoms with Crippen LogP contribution < -0.4 is 10.6 Å². The van der Waals surface area contributed by atoms with Crippen molar-refractivity contribution in [1.29, 1.82) is 0 Å². The van der Waals surface area contributed by atoms with Gasteiger partial charge in [-0.15, -0.1) is 24.0 Å². The molecule has 1 heterocycles. The molecule has 6 heteroatoms. The van der Waals surface area contributed by atoms with E-state index < -0.39 is 0 Å². The highest BCUT2D eigenvalue weighted by atomic mass is 127. The number of aliphatic imine (C=N–C) groups is 1. The third kappa shape index (κ3) is 8.03. The Labute approximate surface area is 159 Å². The van der Waals surface area contributed by atoms with Crippen molar-refractivity contribution >= 4 is 29.9 Å². The summed E-state index contributed by atoms with van der Waals surface area (Å²) in [6, 6.07) is 0. The predicted molar refractivity (Wildman–Crippen MR) is 108 cm³/mol. The molecule has 0 unspecified atom stereocenters. The van der Waals surface area contributed by atoms with Gasteiger partial charge in [-0.2, -0.15) is 0 Å².